The Morgan fingerprint density at radius 1 is 1.00 bits per heavy atom. The minimum absolute atomic E-state index is 0.0738. The van der Waals surface area contributed by atoms with Gasteiger partial charge < -0.3 is 15.0 Å². The molecule has 0 radical (unpaired) electrons. The van der Waals surface area contributed by atoms with Crippen molar-refractivity contribution in [1.29, 1.82) is 0 Å². The van der Waals surface area contributed by atoms with Crippen LogP contribution in [0.2, 0.25) is 0 Å². The number of aromatic nitrogens is 6. The predicted octanol–water partition coefficient (Wildman–Crippen LogP) is 1.04. The van der Waals surface area contributed by atoms with Gasteiger partial charge in [-0.15, -0.1) is 5.10 Å². The molecule has 146 valence electrons. The molecule has 1 saturated heterocycles. The summed E-state index contributed by atoms with van der Waals surface area (Å²) in [4.78, 5) is 25.5. The molecule has 1 aliphatic rings. The highest BCUT2D eigenvalue weighted by molar-refractivity contribution is 5.60. The average molecular weight is 382 g/mol. The number of rotatable bonds is 4. The van der Waals surface area contributed by atoms with Crippen molar-refractivity contribution >= 4 is 11.8 Å². The molecule has 10 heteroatoms. The van der Waals surface area contributed by atoms with Gasteiger partial charge in [0.25, 0.3) is 5.56 Å². The van der Waals surface area contributed by atoms with Gasteiger partial charge >= 0.3 is 0 Å². The molecule has 0 aromatic carbocycles. The molecule has 1 aliphatic heterocycles. The summed E-state index contributed by atoms with van der Waals surface area (Å²) in [6.45, 7) is 6.75. The van der Waals surface area contributed by atoms with Gasteiger partial charge in [-0.2, -0.15) is 5.10 Å². The van der Waals surface area contributed by atoms with E-state index in [4.69, 9.17) is 0 Å². The minimum Gasteiger partial charge on any atom is -0.411 e. The lowest BCUT2D eigenvalue weighted by molar-refractivity contribution is 0.153. The van der Waals surface area contributed by atoms with Crippen molar-refractivity contribution < 1.29 is 5.21 Å². The molecular weight excluding hydrogens is 360 g/mol. The van der Waals surface area contributed by atoms with Crippen LogP contribution < -0.4 is 15.4 Å². The van der Waals surface area contributed by atoms with E-state index < -0.39 is 0 Å². The number of hydrogen-bond donors (Lipinski definition) is 1. The van der Waals surface area contributed by atoms with Crippen molar-refractivity contribution in [2.45, 2.75) is 19.9 Å². The van der Waals surface area contributed by atoms with E-state index >= 15 is 0 Å². The Balaban J connectivity index is 1.53. The Bertz CT molecular complexity index is 1010. The molecule has 3 aromatic rings. The lowest BCUT2D eigenvalue weighted by atomic mass is 10.2. The van der Waals surface area contributed by atoms with Gasteiger partial charge in [-0.05, 0) is 26.0 Å². The third-order valence-corrected chi connectivity index (χ3v) is 4.69. The van der Waals surface area contributed by atoms with E-state index in [0.717, 1.165) is 37.0 Å². The van der Waals surface area contributed by atoms with E-state index in [1.807, 2.05) is 13.8 Å². The molecule has 1 N–H and O–H groups in total. The molecule has 0 atom stereocenters. The summed E-state index contributed by atoms with van der Waals surface area (Å²) in [5.41, 5.74) is 0.756. The van der Waals surface area contributed by atoms with E-state index in [9.17, 15) is 10.0 Å². The molecule has 0 aliphatic carbocycles. The van der Waals surface area contributed by atoms with Crippen molar-refractivity contribution in [1.82, 2.24) is 29.7 Å². The van der Waals surface area contributed by atoms with Crippen LogP contribution in [0.15, 0.2) is 41.5 Å². The number of piperazine rings is 1. The van der Waals surface area contributed by atoms with Crippen molar-refractivity contribution in [2.24, 2.45) is 0 Å². The SMILES string of the molecule is CC(C)n1nc(-c2cc(N3CCN(c4ncccn4)CC3)nn2O)ccc1=O. The van der Waals surface area contributed by atoms with Crippen molar-refractivity contribution in [2.75, 3.05) is 36.0 Å². The van der Waals surface area contributed by atoms with Gasteiger partial charge in [0.15, 0.2) is 5.82 Å². The van der Waals surface area contributed by atoms with Crippen LogP contribution in [0.4, 0.5) is 11.8 Å². The molecule has 10 nitrogen and oxygen atoms in total. The highest BCUT2D eigenvalue weighted by atomic mass is 16.5. The number of hydrogen-bond acceptors (Lipinski definition) is 8. The summed E-state index contributed by atoms with van der Waals surface area (Å²) >= 11 is 0. The second-order valence-corrected chi connectivity index (χ2v) is 6.90. The molecule has 3 aromatic heterocycles. The maximum absolute atomic E-state index is 11.9. The van der Waals surface area contributed by atoms with E-state index in [1.54, 1.807) is 30.6 Å². The summed E-state index contributed by atoms with van der Waals surface area (Å²) in [7, 11) is 0. The fourth-order valence-corrected chi connectivity index (χ4v) is 3.21. The van der Waals surface area contributed by atoms with Gasteiger partial charge in [0.05, 0.1) is 6.04 Å². The topological polar surface area (TPSA) is 105 Å². The standard InChI is InChI=1S/C18H22N8O2/c1-13(2)25-17(27)5-4-14(21-25)15-12-16(22-26(15)28)23-8-10-24(11-9-23)18-19-6-3-7-20-18/h3-7,12-13,28H,8-11H2,1-2H3. The smallest absolute Gasteiger partial charge is 0.267 e. The molecule has 0 bridgehead atoms. The summed E-state index contributed by atoms with van der Waals surface area (Å²) in [5, 5.41) is 18.8. The van der Waals surface area contributed by atoms with Crippen LogP contribution in [0.1, 0.15) is 19.9 Å². The van der Waals surface area contributed by atoms with Crippen molar-refractivity contribution in [3.63, 3.8) is 0 Å². The summed E-state index contributed by atoms with van der Waals surface area (Å²) in [5.74, 6) is 1.38. The molecule has 0 spiro atoms. The predicted molar refractivity (Wildman–Crippen MR) is 104 cm³/mol. The third kappa shape index (κ3) is 3.40. The van der Waals surface area contributed by atoms with Crippen LogP contribution in [0.5, 0.6) is 0 Å². The molecule has 4 heterocycles. The summed E-state index contributed by atoms with van der Waals surface area (Å²) in [6, 6.07) is 6.56. The van der Waals surface area contributed by atoms with Crippen LogP contribution in [0.25, 0.3) is 11.4 Å². The zero-order valence-electron chi connectivity index (χ0n) is 15.8. The zero-order chi connectivity index (χ0) is 19.7. The maximum Gasteiger partial charge on any atom is 0.267 e. The number of anilines is 2. The van der Waals surface area contributed by atoms with E-state index in [1.165, 1.54) is 10.7 Å². The highest BCUT2D eigenvalue weighted by Crippen LogP contribution is 2.23. The monoisotopic (exact) mass is 382 g/mol. The molecule has 28 heavy (non-hydrogen) atoms. The minimum atomic E-state index is -0.178. The Kier molecular flexibility index (Phi) is 4.68. The quantitative estimate of drug-likeness (QED) is 0.668. The van der Waals surface area contributed by atoms with E-state index in [-0.39, 0.29) is 11.6 Å². The first-order chi connectivity index (χ1) is 13.5. The van der Waals surface area contributed by atoms with Gasteiger partial charge in [-0.25, -0.2) is 14.6 Å². The highest BCUT2D eigenvalue weighted by Gasteiger charge is 2.22. The Morgan fingerprint density at radius 3 is 2.36 bits per heavy atom. The average Bonchev–Trinajstić information content (AvgIpc) is 3.10. The largest absolute Gasteiger partial charge is 0.411 e. The first-order valence-corrected chi connectivity index (χ1v) is 9.19. The Labute approximate surface area is 161 Å². The van der Waals surface area contributed by atoms with E-state index in [0.29, 0.717) is 17.2 Å². The lowest BCUT2D eigenvalue weighted by Crippen LogP contribution is -2.47. The van der Waals surface area contributed by atoms with Crippen LogP contribution >= 0.6 is 0 Å². The summed E-state index contributed by atoms with van der Waals surface area (Å²) < 4.78 is 1.39. The van der Waals surface area contributed by atoms with Crippen LogP contribution in [0, 0.1) is 0 Å². The first kappa shape index (κ1) is 18.0. The second-order valence-electron chi connectivity index (χ2n) is 6.90. The molecule has 4 rings (SSSR count). The fourth-order valence-electron chi connectivity index (χ4n) is 3.21. The normalized spacial score (nSPS) is 14.7. The second kappa shape index (κ2) is 7.29. The van der Waals surface area contributed by atoms with Crippen LogP contribution in [-0.4, -0.2) is 61.1 Å². The van der Waals surface area contributed by atoms with E-state index in [2.05, 4.69) is 30.0 Å². The Morgan fingerprint density at radius 2 is 1.68 bits per heavy atom. The summed E-state index contributed by atoms with van der Waals surface area (Å²) in [6.07, 6.45) is 3.47. The zero-order valence-corrected chi connectivity index (χ0v) is 15.8. The molecule has 0 saturated carbocycles. The van der Waals surface area contributed by atoms with Gasteiger partial charge in [-0.3, -0.25) is 4.79 Å². The third-order valence-electron chi connectivity index (χ3n) is 4.69. The van der Waals surface area contributed by atoms with Crippen molar-refractivity contribution in [3.8, 4) is 11.4 Å². The molecule has 0 amide bonds. The molecular formula is C18H22N8O2. The van der Waals surface area contributed by atoms with Gasteiger partial charge in [0.1, 0.15) is 11.4 Å². The molecule has 1 fully saturated rings. The van der Waals surface area contributed by atoms with Gasteiger partial charge in [0.2, 0.25) is 5.95 Å². The fraction of sp³-hybridized carbons (Fsp3) is 0.389. The van der Waals surface area contributed by atoms with Crippen LogP contribution in [-0.2, 0) is 0 Å². The van der Waals surface area contributed by atoms with Gasteiger partial charge in [0, 0.05) is 50.7 Å². The van der Waals surface area contributed by atoms with Gasteiger partial charge in [-0.1, -0.05) is 4.85 Å². The molecule has 0 unspecified atom stereocenters. The van der Waals surface area contributed by atoms with Crippen molar-refractivity contribution in [3.05, 3.63) is 47.0 Å². The first-order valence-electron chi connectivity index (χ1n) is 9.19. The maximum atomic E-state index is 11.9. The van der Waals surface area contributed by atoms with Crippen LogP contribution in [0.3, 0.4) is 0 Å². The Hall–Kier alpha value is -3.43. The lowest BCUT2D eigenvalue weighted by Gasteiger charge is -2.34. The number of nitrogens with zero attached hydrogens (tertiary/aromatic N) is 8.